The first kappa shape index (κ1) is 18.1. The van der Waals surface area contributed by atoms with Gasteiger partial charge in [-0.25, -0.2) is 0 Å². The summed E-state index contributed by atoms with van der Waals surface area (Å²) in [7, 11) is 6.61. The Morgan fingerprint density at radius 1 is 0.792 bits per heavy atom. The van der Waals surface area contributed by atoms with Gasteiger partial charge in [-0.15, -0.1) is 11.8 Å². The van der Waals surface area contributed by atoms with Gasteiger partial charge in [-0.1, -0.05) is 6.07 Å². The summed E-state index contributed by atoms with van der Waals surface area (Å²) in [5.41, 5.74) is 2.13. The van der Waals surface area contributed by atoms with Crippen LogP contribution in [0.25, 0.3) is 6.08 Å². The van der Waals surface area contributed by atoms with E-state index in [9.17, 15) is 0 Å². The fourth-order valence-corrected chi connectivity index (χ4v) is 2.94. The molecular weight excluding hydrogens is 324 g/mol. The molecule has 0 aromatic heterocycles. The molecule has 0 spiro atoms. The van der Waals surface area contributed by atoms with E-state index in [2.05, 4.69) is 0 Å². The van der Waals surface area contributed by atoms with Crippen molar-refractivity contribution in [3.63, 3.8) is 0 Å². The van der Waals surface area contributed by atoms with Gasteiger partial charge in [0.2, 0.25) is 0 Å². The lowest BCUT2D eigenvalue weighted by molar-refractivity contribution is 0.392. The van der Waals surface area contributed by atoms with Crippen LogP contribution in [0.1, 0.15) is 11.1 Å². The van der Waals surface area contributed by atoms with Crippen molar-refractivity contribution < 1.29 is 18.9 Å². The van der Waals surface area contributed by atoms with Gasteiger partial charge in [-0.3, -0.25) is 0 Å². The van der Waals surface area contributed by atoms with Crippen LogP contribution in [-0.4, -0.2) is 28.4 Å². The number of thioether (sulfide) groups is 1. The summed E-state index contributed by atoms with van der Waals surface area (Å²) in [6.07, 6.45) is 2.03. The van der Waals surface area contributed by atoms with Gasteiger partial charge in [0, 0.05) is 29.0 Å². The molecule has 128 valence electrons. The molecule has 0 aliphatic rings. The molecule has 0 saturated carbocycles. The second-order valence-corrected chi connectivity index (χ2v) is 5.79. The molecule has 2 aromatic carbocycles. The number of rotatable bonds is 8. The summed E-state index contributed by atoms with van der Waals surface area (Å²) in [6.45, 7) is 0. The number of ether oxygens (including phenoxy) is 4. The Balaban J connectivity index is 2.03. The summed E-state index contributed by atoms with van der Waals surface area (Å²) in [6, 6.07) is 11.6. The molecule has 0 fully saturated rings. The molecule has 4 nitrogen and oxygen atoms in total. The number of hydrogen-bond donors (Lipinski definition) is 0. The second-order valence-electron chi connectivity index (χ2n) is 4.90. The fraction of sp³-hybridized carbons (Fsp3) is 0.263. The molecule has 0 heterocycles. The Hall–Kier alpha value is -2.27. The van der Waals surface area contributed by atoms with E-state index in [1.54, 1.807) is 40.2 Å². The van der Waals surface area contributed by atoms with Crippen LogP contribution >= 0.6 is 11.8 Å². The lowest BCUT2D eigenvalue weighted by Gasteiger charge is -2.09. The first-order valence-electron chi connectivity index (χ1n) is 7.43. The SMILES string of the molecule is COc1ccc(C=CSCc2ccc(OC)cc2OC)c(OC)c1. The van der Waals surface area contributed by atoms with E-state index >= 15 is 0 Å². The standard InChI is InChI=1S/C19H22O4S/c1-20-16-7-5-14(18(11-16)22-3)9-10-24-13-15-6-8-17(21-2)12-19(15)23-4/h5-12H,13H2,1-4H3. The molecule has 0 bridgehead atoms. The summed E-state index contributed by atoms with van der Waals surface area (Å²) in [5.74, 6) is 3.99. The second kappa shape index (κ2) is 9.13. The Labute approximate surface area is 147 Å². The van der Waals surface area contributed by atoms with E-state index in [1.165, 1.54) is 0 Å². The monoisotopic (exact) mass is 346 g/mol. The molecule has 0 aliphatic heterocycles. The van der Waals surface area contributed by atoms with Gasteiger partial charge in [-0.05, 0) is 29.7 Å². The molecule has 0 N–H and O–H groups in total. The van der Waals surface area contributed by atoms with Crippen LogP contribution in [0.2, 0.25) is 0 Å². The third kappa shape index (κ3) is 4.61. The van der Waals surface area contributed by atoms with Gasteiger partial charge in [0.05, 0.1) is 28.4 Å². The zero-order valence-corrected chi connectivity index (χ0v) is 15.2. The Kier molecular flexibility index (Phi) is 6.88. The van der Waals surface area contributed by atoms with Gasteiger partial charge < -0.3 is 18.9 Å². The minimum Gasteiger partial charge on any atom is -0.497 e. The van der Waals surface area contributed by atoms with E-state index in [-0.39, 0.29) is 0 Å². The Morgan fingerprint density at radius 3 is 2.04 bits per heavy atom. The third-order valence-corrected chi connectivity index (χ3v) is 4.32. The average Bonchev–Trinajstić information content (AvgIpc) is 2.65. The van der Waals surface area contributed by atoms with E-state index in [1.807, 2.05) is 47.9 Å². The summed E-state index contributed by atoms with van der Waals surface area (Å²) in [5, 5.41) is 2.05. The maximum absolute atomic E-state index is 5.41. The van der Waals surface area contributed by atoms with E-state index in [0.29, 0.717) is 0 Å². The van der Waals surface area contributed by atoms with Crippen molar-refractivity contribution in [2.75, 3.05) is 28.4 Å². The lowest BCUT2D eigenvalue weighted by atomic mass is 10.2. The van der Waals surface area contributed by atoms with Gasteiger partial charge in [0.15, 0.2) is 0 Å². The topological polar surface area (TPSA) is 36.9 Å². The fourth-order valence-electron chi connectivity index (χ4n) is 2.19. The van der Waals surface area contributed by atoms with Crippen LogP contribution in [0.4, 0.5) is 0 Å². The van der Waals surface area contributed by atoms with Gasteiger partial charge >= 0.3 is 0 Å². The molecule has 0 unspecified atom stereocenters. The first-order valence-corrected chi connectivity index (χ1v) is 8.47. The van der Waals surface area contributed by atoms with Crippen LogP contribution in [0.15, 0.2) is 41.8 Å². The van der Waals surface area contributed by atoms with Crippen molar-refractivity contribution >= 4 is 17.8 Å². The predicted octanol–water partition coefficient (Wildman–Crippen LogP) is 4.63. The highest BCUT2D eigenvalue weighted by molar-refractivity contribution is 8.01. The Morgan fingerprint density at radius 2 is 1.42 bits per heavy atom. The van der Waals surface area contributed by atoms with E-state index in [0.717, 1.165) is 39.9 Å². The lowest BCUT2D eigenvalue weighted by Crippen LogP contribution is -1.92. The summed E-state index contributed by atoms with van der Waals surface area (Å²) >= 11 is 1.69. The molecule has 0 radical (unpaired) electrons. The van der Waals surface area contributed by atoms with Gasteiger partial charge in [-0.2, -0.15) is 0 Å². The molecule has 24 heavy (non-hydrogen) atoms. The van der Waals surface area contributed by atoms with Crippen molar-refractivity contribution in [1.29, 1.82) is 0 Å². The predicted molar refractivity (Wildman–Crippen MR) is 99.4 cm³/mol. The molecule has 0 atom stereocenters. The third-order valence-electron chi connectivity index (χ3n) is 3.52. The highest BCUT2D eigenvalue weighted by Crippen LogP contribution is 2.30. The quantitative estimate of drug-likeness (QED) is 0.697. The Bertz CT molecular complexity index is 698. The molecule has 5 heteroatoms. The van der Waals surface area contributed by atoms with Crippen LogP contribution in [0.3, 0.4) is 0 Å². The van der Waals surface area contributed by atoms with Crippen LogP contribution in [0.5, 0.6) is 23.0 Å². The number of methoxy groups -OCH3 is 4. The molecule has 0 aliphatic carbocycles. The number of hydrogen-bond acceptors (Lipinski definition) is 5. The maximum atomic E-state index is 5.41. The van der Waals surface area contributed by atoms with Crippen LogP contribution in [-0.2, 0) is 5.75 Å². The molecular formula is C19H22O4S. The molecule has 2 aromatic rings. The summed E-state index contributed by atoms with van der Waals surface area (Å²) < 4.78 is 21.2. The first-order chi connectivity index (χ1) is 11.7. The van der Waals surface area contributed by atoms with E-state index < -0.39 is 0 Å². The average molecular weight is 346 g/mol. The van der Waals surface area contributed by atoms with Gasteiger partial charge in [0.25, 0.3) is 0 Å². The normalized spacial score (nSPS) is 10.7. The highest BCUT2D eigenvalue weighted by atomic mass is 32.2. The molecule has 0 amide bonds. The maximum Gasteiger partial charge on any atom is 0.129 e. The minimum absolute atomic E-state index is 0.777. The molecule has 2 rings (SSSR count). The van der Waals surface area contributed by atoms with Crippen molar-refractivity contribution in [3.05, 3.63) is 52.9 Å². The summed E-state index contributed by atoms with van der Waals surface area (Å²) in [4.78, 5) is 0. The van der Waals surface area contributed by atoms with Crippen molar-refractivity contribution in [3.8, 4) is 23.0 Å². The highest BCUT2D eigenvalue weighted by Gasteiger charge is 2.05. The van der Waals surface area contributed by atoms with Gasteiger partial charge in [0.1, 0.15) is 23.0 Å². The van der Waals surface area contributed by atoms with Crippen molar-refractivity contribution in [2.24, 2.45) is 0 Å². The minimum atomic E-state index is 0.777. The smallest absolute Gasteiger partial charge is 0.129 e. The zero-order valence-electron chi connectivity index (χ0n) is 14.4. The zero-order chi connectivity index (χ0) is 17.4. The van der Waals surface area contributed by atoms with Crippen molar-refractivity contribution in [1.82, 2.24) is 0 Å². The van der Waals surface area contributed by atoms with E-state index in [4.69, 9.17) is 18.9 Å². The van der Waals surface area contributed by atoms with Crippen LogP contribution in [0, 0.1) is 0 Å². The van der Waals surface area contributed by atoms with Crippen molar-refractivity contribution in [2.45, 2.75) is 5.75 Å². The number of benzene rings is 2. The molecule has 0 saturated heterocycles. The van der Waals surface area contributed by atoms with Crippen LogP contribution < -0.4 is 18.9 Å². The largest absolute Gasteiger partial charge is 0.497 e.